The second-order valence-electron chi connectivity index (χ2n) is 2.07. The van der Waals surface area contributed by atoms with E-state index in [0.29, 0.717) is 11.0 Å². The van der Waals surface area contributed by atoms with Crippen LogP contribution in [0.4, 0.5) is 5.82 Å². The molecule has 0 unspecified atom stereocenters. The summed E-state index contributed by atoms with van der Waals surface area (Å²) < 4.78 is 0. The highest BCUT2D eigenvalue weighted by Crippen LogP contribution is 2.15. The molecule has 0 fully saturated rings. The van der Waals surface area contributed by atoms with Gasteiger partial charge in [0.25, 0.3) is 0 Å². The van der Waals surface area contributed by atoms with Crippen molar-refractivity contribution in [3.05, 3.63) is 17.5 Å². The third-order valence-corrected chi connectivity index (χ3v) is 1.33. The van der Waals surface area contributed by atoms with E-state index in [1.54, 1.807) is 12.4 Å². The highest BCUT2D eigenvalue weighted by atomic mass is 35.5. The largest absolute Gasteiger partial charge is 0.360 e. The lowest BCUT2D eigenvalue weighted by atomic mass is 10.6. The van der Waals surface area contributed by atoms with E-state index >= 15 is 0 Å². The van der Waals surface area contributed by atoms with Crippen LogP contribution in [0.3, 0.4) is 0 Å². The lowest BCUT2D eigenvalue weighted by Gasteiger charge is -2.10. The average molecular weight is 158 g/mol. The second kappa shape index (κ2) is 2.84. The van der Waals surface area contributed by atoms with Crippen molar-refractivity contribution < 1.29 is 0 Å². The molecule has 3 nitrogen and oxygen atoms in total. The van der Waals surface area contributed by atoms with Crippen LogP contribution < -0.4 is 4.90 Å². The van der Waals surface area contributed by atoms with E-state index in [1.807, 2.05) is 19.0 Å². The summed E-state index contributed by atoms with van der Waals surface area (Å²) in [5, 5.41) is 0.438. The zero-order valence-corrected chi connectivity index (χ0v) is 6.63. The molecular formula is C6H8ClN3. The van der Waals surface area contributed by atoms with E-state index in [1.165, 1.54) is 0 Å². The van der Waals surface area contributed by atoms with Crippen molar-refractivity contribution in [2.75, 3.05) is 19.0 Å². The quantitative estimate of drug-likeness (QED) is 0.614. The van der Waals surface area contributed by atoms with Gasteiger partial charge in [-0.1, -0.05) is 11.6 Å². The zero-order chi connectivity index (χ0) is 7.56. The Morgan fingerprint density at radius 3 is 2.30 bits per heavy atom. The van der Waals surface area contributed by atoms with Crippen LogP contribution in [0.15, 0.2) is 12.4 Å². The summed E-state index contributed by atoms with van der Waals surface area (Å²) in [5.41, 5.74) is 0. The highest BCUT2D eigenvalue weighted by Gasteiger charge is 2.01. The van der Waals surface area contributed by atoms with Crippen LogP contribution in [0, 0.1) is 0 Å². The van der Waals surface area contributed by atoms with Gasteiger partial charge in [-0.05, 0) is 0 Å². The van der Waals surface area contributed by atoms with Crippen LogP contribution in [0.2, 0.25) is 5.15 Å². The van der Waals surface area contributed by atoms with E-state index in [2.05, 4.69) is 9.97 Å². The number of nitrogens with zero attached hydrogens (tertiary/aromatic N) is 3. The standard InChI is InChI=1S/C6H8ClN3/c1-10(2)6-5(7)8-3-4-9-6/h3-4H,1-2H3. The van der Waals surface area contributed by atoms with Gasteiger partial charge < -0.3 is 4.90 Å². The molecule has 1 heterocycles. The molecule has 1 aromatic rings. The topological polar surface area (TPSA) is 29.0 Å². The minimum atomic E-state index is 0.438. The number of anilines is 1. The van der Waals surface area contributed by atoms with Crippen LogP contribution in [-0.2, 0) is 0 Å². The Morgan fingerprint density at radius 2 is 1.90 bits per heavy atom. The molecule has 54 valence electrons. The third-order valence-electron chi connectivity index (χ3n) is 1.06. The summed E-state index contributed by atoms with van der Waals surface area (Å²) in [5.74, 6) is 0.698. The fourth-order valence-corrected chi connectivity index (χ4v) is 0.888. The van der Waals surface area contributed by atoms with Crippen molar-refractivity contribution in [1.82, 2.24) is 9.97 Å². The van der Waals surface area contributed by atoms with E-state index in [0.717, 1.165) is 0 Å². The molecule has 4 heteroatoms. The Balaban J connectivity index is 3.03. The van der Waals surface area contributed by atoms with Gasteiger partial charge in [0, 0.05) is 26.5 Å². The molecule has 0 bridgehead atoms. The van der Waals surface area contributed by atoms with Gasteiger partial charge in [-0.15, -0.1) is 0 Å². The molecule has 10 heavy (non-hydrogen) atoms. The minimum Gasteiger partial charge on any atom is -0.360 e. The first-order chi connectivity index (χ1) is 4.72. The van der Waals surface area contributed by atoms with Crippen molar-refractivity contribution >= 4 is 17.4 Å². The van der Waals surface area contributed by atoms with E-state index in [9.17, 15) is 0 Å². The van der Waals surface area contributed by atoms with Gasteiger partial charge in [-0.3, -0.25) is 0 Å². The number of hydrogen-bond donors (Lipinski definition) is 0. The normalized spacial score (nSPS) is 9.50. The van der Waals surface area contributed by atoms with Gasteiger partial charge in [0.05, 0.1) is 0 Å². The molecule has 0 aliphatic carbocycles. The van der Waals surface area contributed by atoms with Crippen molar-refractivity contribution in [2.24, 2.45) is 0 Å². The number of hydrogen-bond acceptors (Lipinski definition) is 3. The molecule has 0 aliphatic heterocycles. The summed E-state index contributed by atoms with van der Waals surface area (Å²) >= 11 is 5.70. The minimum absolute atomic E-state index is 0.438. The number of aromatic nitrogens is 2. The molecule has 0 saturated carbocycles. The predicted octanol–water partition coefficient (Wildman–Crippen LogP) is 1.20. The van der Waals surface area contributed by atoms with Crippen LogP contribution in [0.1, 0.15) is 0 Å². The molecule has 1 rings (SSSR count). The number of rotatable bonds is 1. The fourth-order valence-electron chi connectivity index (χ4n) is 0.614. The molecular weight excluding hydrogens is 150 g/mol. The zero-order valence-electron chi connectivity index (χ0n) is 5.87. The first-order valence-electron chi connectivity index (χ1n) is 2.85. The lowest BCUT2D eigenvalue weighted by molar-refractivity contribution is 1.04. The van der Waals surface area contributed by atoms with Crippen molar-refractivity contribution in [2.45, 2.75) is 0 Å². The molecule has 0 saturated heterocycles. The molecule has 0 aromatic carbocycles. The summed E-state index contributed by atoms with van der Waals surface area (Å²) in [6.07, 6.45) is 3.18. The molecule has 0 aliphatic rings. The molecule has 0 N–H and O–H groups in total. The molecule has 0 atom stereocenters. The Kier molecular flexibility index (Phi) is 2.06. The smallest absolute Gasteiger partial charge is 0.171 e. The van der Waals surface area contributed by atoms with Crippen LogP contribution in [-0.4, -0.2) is 24.1 Å². The SMILES string of the molecule is CN(C)c1nccnc1Cl. The van der Waals surface area contributed by atoms with E-state index in [-0.39, 0.29) is 0 Å². The van der Waals surface area contributed by atoms with Crippen molar-refractivity contribution in [3.8, 4) is 0 Å². The fraction of sp³-hybridized carbons (Fsp3) is 0.333. The van der Waals surface area contributed by atoms with Crippen LogP contribution in [0.25, 0.3) is 0 Å². The Labute approximate surface area is 64.7 Å². The first kappa shape index (κ1) is 7.28. The maximum atomic E-state index is 5.70. The highest BCUT2D eigenvalue weighted by molar-refractivity contribution is 6.31. The molecule has 0 amide bonds. The Bertz CT molecular complexity index is 224. The van der Waals surface area contributed by atoms with Crippen molar-refractivity contribution in [3.63, 3.8) is 0 Å². The Hall–Kier alpha value is -0.830. The summed E-state index contributed by atoms with van der Waals surface area (Å²) in [7, 11) is 3.74. The van der Waals surface area contributed by atoms with E-state index < -0.39 is 0 Å². The van der Waals surface area contributed by atoms with Gasteiger partial charge in [0.2, 0.25) is 0 Å². The average Bonchev–Trinajstić information content (AvgIpc) is 1.88. The van der Waals surface area contributed by atoms with Gasteiger partial charge >= 0.3 is 0 Å². The molecule has 1 aromatic heterocycles. The Morgan fingerprint density at radius 1 is 1.30 bits per heavy atom. The lowest BCUT2D eigenvalue weighted by Crippen LogP contribution is -2.11. The van der Waals surface area contributed by atoms with Gasteiger partial charge in [-0.25, -0.2) is 9.97 Å². The molecule has 0 spiro atoms. The van der Waals surface area contributed by atoms with Crippen molar-refractivity contribution in [1.29, 1.82) is 0 Å². The first-order valence-corrected chi connectivity index (χ1v) is 3.23. The van der Waals surface area contributed by atoms with E-state index in [4.69, 9.17) is 11.6 Å². The van der Waals surface area contributed by atoms with Crippen LogP contribution >= 0.6 is 11.6 Å². The second-order valence-corrected chi connectivity index (χ2v) is 2.42. The molecule has 0 radical (unpaired) electrons. The van der Waals surface area contributed by atoms with Gasteiger partial charge in [0.15, 0.2) is 11.0 Å². The summed E-state index contributed by atoms with van der Waals surface area (Å²) in [6, 6.07) is 0. The van der Waals surface area contributed by atoms with Crippen LogP contribution in [0.5, 0.6) is 0 Å². The number of halogens is 1. The predicted molar refractivity (Wildman–Crippen MR) is 41.4 cm³/mol. The maximum absolute atomic E-state index is 5.70. The maximum Gasteiger partial charge on any atom is 0.171 e. The summed E-state index contributed by atoms with van der Waals surface area (Å²) in [4.78, 5) is 9.69. The van der Waals surface area contributed by atoms with Gasteiger partial charge in [0.1, 0.15) is 0 Å². The monoisotopic (exact) mass is 157 g/mol. The van der Waals surface area contributed by atoms with Gasteiger partial charge in [-0.2, -0.15) is 0 Å². The summed E-state index contributed by atoms with van der Waals surface area (Å²) in [6.45, 7) is 0. The third kappa shape index (κ3) is 1.36.